The van der Waals surface area contributed by atoms with Gasteiger partial charge in [0.2, 0.25) is 5.95 Å². The Morgan fingerprint density at radius 2 is 2.15 bits per heavy atom. The molecule has 3 aromatic rings. The Hall–Kier alpha value is -2.52. The Bertz CT molecular complexity index is 1000. The molecule has 1 aliphatic rings. The highest BCUT2D eigenvalue weighted by molar-refractivity contribution is 9.10. The largest absolute Gasteiger partial charge is 0.352 e. The molecule has 1 aliphatic heterocycles. The summed E-state index contributed by atoms with van der Waals surface area (Å²) in [6.07, 6.45) is 1.71. The SMILES string of the molecule is CC1C(=O)NC(=O)N1CCNc1ncc(Br)c(-c2cc3ccccc3s2)n1. The molecule has 1 atom stereocenters. The highest BCUT2D eigenvalue weighted by Crippen LogP contribution is 2.36. The summed E-state index contributed by atoms with van der Waals surface area (Å²) in [6, 6.07) is 9.48. The minimum absolute atomic E-state index is 0.271. The van der Waals surface area contributed by atoms with E-state index >= 15 is 0 Å². The fourth-order valence-corrected chi connectivity index (χ4v) is 4.51. The van der Waals surface area contributed by atoms with Gasteiger partial charge in [-0.3, -0.25) is 10.1 Å². The van der Waals surface area contributed by atoms with Gasteiger partial charge >= 0.3 is 6.03 Å². The molecule has 0 aliphatic carbocycles. The lowest BCUT2D eigenvalue weighted by Gasteiger charge is -2.18. The molecular weight excluding hydrogens is 430 g/mol. The summed E-state index contributed by atoms with van der Waals surface area (Å²) in [5, 5.41) is 6.60. The van der Waals surface area contributed by atoms with E-state index in [-0.39, 0.29) is 11.9 Å². The minimum atomic E-state index is -0.459. The summed E-state index contributed by atoms with van der Waals surface area (Å²) in [6.45, 7) is 2.53. The first-order valence-electron chi connectivity index (χ1n) is 8.40. The predicted molar refractivity (Wildman–Crippen MR) is 109 cm³/mol. The van der Waals surface area contributed by atoms with Gasteiger partial charge in [-0.15, -0.1) is 11.3 Å². The topological polar surface area (TPSA) is 87.2 Å². The van der Waals surface area contributed by atoms with Crippen LogP contribution in [-0.4, -0.2) is 45.9 Å². The molecule has 3 amide bonds. The molecule has 1 saturated heterocycles. The van der Waals surface area contributed by atoms with Crippen LogP contribution in [0.1, 0.15) is 6.92 Å². The smallest absolute Gasteiger partial charge is 0.324 e. The number of nitrogens with one attached hydrogen (secondary N) is 2. The molecule has 1 unspecified atom stereocenters. The lowest BCUT2D eigenvalue weighted by molar-refractivity contribution is -0.121. The molecule has 138 valence electrons. The lowest BCUT2D eigenvalue weighted by atomic mass is 10.2. The second kappa shape index (κ2) is 7.24. The number of anilines is 1. The van der Waals surface area contributed by atoms with Gasteiger partial charge in [0.15, 0.2) is 0 Å². The lowest BCUT2D eigenvalue weighted by Crippen LogP contribution is -2.36. The highest BCUT2D eigenvalue weighted by atomic mass is 79.9. The molecule has 7 nitrogen and oxygen atoms in total. The number of amides is 3. The maximum Gasteiger partial charge on any atom is 0.324 e. The van der Waals surface area contributed by atoms with Crippen molar-refractivity contribution in [2.24, 2.45) is 0 Å². The number of carbonyl (C=O) groups is 2. The van der Waals surface area contributed by atoms with E-state index < -0.39 is 6.04 Å². The van der Waals surface area contributed by atoms with Crippen LogP contribution < -0.4 is 10.6 Å². The molecule has 0 bridgehead atoms. The molecular formula is C18H16BrN5O2S. The van der Waals surface area contributed by atoms with E-state index in [1.165, 1.54) is 15.0 Å². The zero-order chi connectivity index (χ0) is 19.0. The molecule has 9 heteroatoms. The van der Waals surface area contributed by atoms with E-state index in [0.717, 1.165) is 15.0 Å². The van der Waals surface area contributed by atoms with Crippen LogP contribution in [0, 0.1) is 0 Å². The van der Waals surface area contributed by atoms with Crippen LogP contribution in [0.2, 0.25) is 0 Å². The van der Waals surface area contributed by atoms with E-state index in [2.05, 4.69) is 54.7 Å². The highest BCUT2D eigenvalue weighted by Gasteiger charge is 2.34. The van der Waals surface area contributed by atoms with Crippen molar-refractivity contribution in [3.05, 3.63) is 41.0 Å². The molecule has 1 fully saturated rings. The van der Waals surface area contributed by atoms with Gasteiger partial charge in [-0.25, -0.2) is 14.8 Å². The molecule has 2 N–H and O–H groups in total. The Kier molecular flexibility index (Phi) is 4.79. The predicted octanol–water partition coefficient (Wildman–Crippen LogP) is 3.47. The summed E-state index contributed by atoms with van der Waals surface area (Å²) < 4.78 is 2.02. The summed E-state index contributed by atoms with van der Waals surface area (Å²) in [5.41, 5.74) is 0.816. The first kappa shape index (κ1) is 17.9. The molecule has 27 heavy (non-hydrogen) atoms. The second-order valence-electron chi connectivity index (χ2n) is 6.13. The van der Waals surface area contributed by atoms with Crippen molar-refractivity contribution in [1.82, 2.24) is 20.2 Å². The van der Waals surface area contributed by atoms with Crippen LogP contribution in [-0.2, 0) is 4.79 Å². The second-order valence-corrected chi connectivity index (χ2v) is 8.07. The Morgan fingerprint density at radius 3 is 2.89 bits per heavy atom. The quantitative estimate of drug-likeness (QED) is 0.587. The van der Waals surface area contributed by atoms with Crippen LogP contribution in [0.25, 0.3) is 20.7 Å². The van der Waals surface area contributed by atoms with Gasteiger partial charge in [0.05, 0.1) is 9.35 Å². The molecule has 0 spiro atoms. The number of hydrogen-bond acceptors (Lipinski definition) is 6. The Morgan fingerprint density at radius 1 is 1.33 bits per heavy atom. The Balaban J connectivity index is 1.49. The number of nitrogens with zero attached hydrogens (tertiary/aromatic N) is 3. The van der Waals surface area contributed by atoms with E-state index in [1.807, 2.05) is 12.1 Å². The van der Waals surface area contributed by atoms with Crippen LogP contribution in [0.15, 0.2) is 41.0 Å². The number of carbonyl (C=O) groups excluding carboxylic acids is 2. The number of halogens is 1. The van der Waals surface area contributed by atoms with E-state index in [9.17, 15) is 9.59 Å². The Labute approximate surface area is 167 Å². The van der Waals surface area contributed by atoms with E-state index in [0.29, 0.717) is 19.0 Å². The number of rotatable bonds is 5. The van der Waals surface area contributed by atoms with Gasteiger partial charge in [-0.1, -0.05) is 18.2 Å². The average Bonchev–Trinajstić information content (AvgIpc) is 3.19. The van der Waals surface area contributed by atoms with Crippen LogP contribution in [0.4, 0.5) is 10.7 Å². The van der Waals surface area contributed by atoms with Crippen molar-refractivity contribution in [1.29, 1.82) is 0 Å². The fraction of sp³-hybridized carbons (Fsp3) is 0.222. The normalized spacial score (nSPS) is 16.8. The van der Waals surface area contributed by atoms with Gasteiger partial charge in [-0.05, 0) is 40.4 Å². The van der Waals surface area contributed by atoms with Crippen molar-refractivity contribution in [3.8, 4) is 10.6 Å². The number of aromatic nitrogens is 2. The van der Waals surface area contributed by atoms with Crippen molar-refractivity contribution >= 4 is 55.2 Å². The van der Waals surface area contributed by atoms with E-state index in [4.69, 9.17) is 0 Å². The molecule has 3 heterocycles. The first-order valence-corrected chi connectivity index (χ1v) is 10.0. The minimum Gasteiger partial charge on any atom is -0.352 e. The first-order chi connectivity index (χ1) is 13.0. The number of fused-ring (bicyclic) bond motifs is 1. The monoisotopic (exact) mass is 445 g/mol. The van der Waals surface area contributed by atoms with Gasteiger partial charge in [0, 0.05) is 24.0 Å². The third-order valence-electron chi connectivity index (χ3n) is 4.38. The molecule has 0 radical (unpaired) electrons. The molecule has 4 rings (SSSR count). The number of thiophene rings is 1. The third kappa shape index (κ3) is 3.52. The number of imide groups is 1. The molecule has 2 aromatic heterocycles. The van der Waals surface area contributed by atoms with Crippen molar-refractivity contribution in [2.45, 2.75) is 13.0 Å². The molecule has 1 aromatic carbocycles. The van der Waals surface area contributed by atoms with E-state index in [1.54, 1.807) is 24.5 Å². The zero-order valence-electron chi connectivity index (χ0n) is 14.4. The van der Waals surface area contributed by atoms with Gasteiger partial charge in [0.1, 0.15) is 11.7 Å². The summed E-state index contributed by atoms with van der Waals surface area (Å²) in [5.74, 6) is 0.205. The summed E-state index contributed by atoms with van der Waals surface area (Å²) in [7, 11) is 0. The maximum absolute atomic E-state index is 11.7. The number of benzene rings is 1. The average molecular weight is 446 g/mol. The van der Waals surface area contributed by atoms with Crippen molar-refractivity contribution < 1.29 is 9.59 Å². The zero-order valence-corrected chi connectivity index (χ0v) is 16.8. The standard InChI is InChI=1S/C18H16BrN5O2S/c1-10-16(25)23-18(26)24(10)7-6-20-17-21-9-12(19)15(22-17)14-8-11-4-2-3-5-13(11)27-14/h2-5,8-10H,6-7H2,1H3,(H,20,21,22)(H,23,25,26). The summed E-state index contributed by atoms with van der Waals surface area (Å²) >= 11 is 5.20. The third-order valence-corrected chi connectivity index (χ3v) is 6.08. The van der Waals surface area contributed by atoms with Gasteiger partial charge < -0.3 is 10.2 Å². The van der Waals surface area contributed by atoms with Gasteiger partial charge in [-0.2, -0.15) is 0 Å². The van der Waals surface area contributed by atoms with Crippen LogP contribution >= 0.6 is 27.3 Å². The molecule has 0 saturated carbocycles. The number of hydrogen-bond donors (Lipinski definition) is 2. The van der Waals surface area contributed by atoms with Crippen LogP contribution in [0.5, 0.6) is 0 Å². The maximum atomic E-state index is 11.7. The number of urea groups is 1. The fourth-order valence-electron chi connectivity index (χ4n) is 2.91. The summed E-state index contributed by atoms with van der Waals surface area (Å²) in [4.78, 5) is 34.7. The van der Waals surface area contributed by atoms with Gasteiger partial charge in [0.25, 0.3) is 5.91 Å². The van der Waals surface area contributed by atoms with Crippen LogP contribution in [0.3, 0.4) is 0 Å². The van der Waals surface area contributed by atoms with Crippen molar-refractivity contribution in [2.75, 3.05) is 18.4 Å². The van der Waals surface area contributed by atoms with Crippen molar-refractivity contribution in [3.63, 3.8) is 0 Å².